The molecule has 0 amide bonds. The number of aliphatic hydroxyl groups is 4. The molecule has 212 valence electrons. The van der Waals surface area contributed by atoms with Gasteiger partial charge in [-0.3, -0.25) is 0 Å². The van der Waals surface area contributed by atoms with Crippen molar-refractivity contribution in [3.05, 3.63) is 11.6 Å². The highest BCUT2D eigenvalue weighted by Crippen LogP contribution is 2.73. The standard InChI is InChI=1S/C31H52O6/c1-27(2)22-16-24(33)31(7)20-10-9-18(17-15-19(37-26(17)36-8)25(34)28(3,4)35)29(20,5)13-11-21(31)30(22,6)14-12-23(27)32/h10,17-19,21-26,32-35H,9,11-16H2,1-8H3/t17-,18-,19+,21-,22+,23+,24+,25-,26+,29-,30+,31-/m0/s1. The van der Waals surface area contributed by atoms with E-state index in [0.29, 0.717) is 24.2 Å². The van der Waals surface area contributed by atoms with E-state index in [0.717, 1.165) is 38.5 Å². The Balaban J connectivity index is 1.45. The van der Waals surface area contributed by atoms with E-state index in [4.69, 9.17) is 9.47 Å². The largest absolute Gasteiger partial charge is 0.393 e. The Hall–Kier alpha value is -0.500. The Morgan fingerprint density at radius 3 is 2.30 bits per heavy atom. The maximum Gasteiger partial charge on any atom is 0.160 e. The van der Waals surface area contributed by atoms with Gasteiger partial charge in [-0.1, -0.05) is 46.3 Å². The summed E-state index contributed by atoms with van der Waals surface area (Å²) < 4.78 is 12.0. The van der Waals surface area contributed by atoms with Gasteiger partial charge in [0.15, 0.2) is 6.29 Å². The Bertz CT molecular complexity index is 923. The molecule has 5 aliphatic rings. The quantitative estimate of drug-likeness (QED) is 0.409. The molecule has 0 aromatic heterocycles. The second kappa shape index (κ2) is 8.75. The molecule has 0 aromatic carbocycles. The average Bonchev–Trinajstić information content (AvgIpc) is 3.38. The monoisotopic (exact) mass is 520 g/mol. The van der Waals surface area contributed by atoms with Gasteiger partial charge in [0.1, 0.15) is 6.10 Å². The van der Waals surface area contributed by atoms with Crippen LogP contribution < -0.4 is 0 Å². The van der Waals surface area contributed by atoms with E-state index < -0.39 is 30.2 Å². The zero-order valence-corrected chi connectivity index (χ0v) is 24.3. The first-order chi connectivity index (χ1) is 17.0. The van der Waals surface area contributed by atoms with E-state index in [2.05, 4.69) is 40.7 Å². The lowest BCUT2D eigenvalue weighted by Gasteiger charge is -2.68. The molecule has 0 radical (unpaired) electrons. The highest BCUT2D eigenvalue weighted by molar-refractivity contribution is 5.36. The summed E-state index contributed by atoms with van der Waals surface area (Å²) in [5, 5.41) is 44.0. The van der Waals surface area contributed by atoms with Crippen molar-refractivity contribution in [2.75, 3.05) is 7.11 Å². The number of methoxy groups -OCH3 is 1. The molecule has 3 saturated carbocycles. The van der Waals surface area contributed by atoms with Crippen molar-refractivity contribution in [2.24, 2.45) is 45.3 Å². The molecule has 4 aliphatic carbocycles. The third-order valence-corrected chi connectivity index (χ3v) is 12.7. The first-order valence-electron chi connectivity index (χ1n) is 14.7. The van der Waals surface area contributed by atoms with Gasteiger partial charge >= 0.3 is 0 Å². The number of hydrogen-bond acceptors (Lipinski definition) is 6. The molecule has 4 N–H and O–H groups in total. The smallest absolute Gasteiger partial charge is 0.160 e. The third-order valence-electron chi connectivity index (χ3n) is 12.7. The minimum atomic E-state index is -1.24. The van der Waals surface area contributed by atoms with Crippen LogP contribution in [0.15, 0.2) is 11.6 Å². The van der Waals surface area contributed by atoms with Crippen molar-refractivity contribution in [3.8, 4) is 0 Å². The van der Waals surface area contributed by atoms with Crippen LogP contribution >= 0.6 is 0 Å². The molecular formula is C31H52O6. The van der Waals surface area contributed by atoms with E-state index in [1.807, 2.05) is 0 Å². The van der Waals surface area contributed by atoms with Gasteiger partial charge in [-0.2, -0.15) is 0 Å². The Labute approximate surface area is 223 Å². The molecule has 1 heterocycles. The molecule has 4 fully saturated rings. The molecule has 5 rings (SSSR count). The molecule has 0 bridgehead atoms. The summed E-state index contributed by atoms with van der Waals surface area (Å²) in [7, 11) is 1.67. The van der Waals surface area contributed by atoms with Gasteiger partial charge in [0.2, 0.25) is 0 Å². The predicted molar refractivity (Wildman–Crippen MR) is 142 cm³/mol. The fourth-order valence-corrected chi connectivity index (χ4v) is 10.6. The van der Waals surface area contributed by atoms with Crippen LogP contribution in [0.25, 0.3) is 0 Å². The molecule has 0 spiro atoms. The Morgan fingerprint density at radius 1 is 1.00 bits per heavy atom. The number of allylic oxidation sites excluding steroid dienone is 1. The lowest BCUT2D eigenvalue weighted by Crippen LogP contribution is -2.65. The van der Waals surface area contributed by atoms with Crippen molar-refractivity contribution in [1.82, 2.24) is 0 Å². The normalized spacial score (nSPS) is 52.2. The van der Waals surface area contributed by atoms with Gasteiger partial charge in [-0.15, -0.1) is 0 Å². The van der Waals surface area contributed by atoms with Crippen LogP contribution in [0.4, 0.5) is 0 Å². The molecule has 0 aromatic rings. The van der Waals surface area contributed by atoms with Crippen molar-refractivity contribution in [1.29, 1.82) is 0 Å². The minimum absolute atomic E-state index is 0.0709. The third kappa shape index (κ3) is 3.79. The molecule has 6 nitrogen and oxygen atoms in total. The lowest BCUT2D eigenvalue weighted by atomic mass is 9.37. The van der Waals surface area contributed by atoms with E-state index in [9.17, 15) is 20.4 Å². The number of ether oxygens (including phenoxy) is 2. The minimum Gasteiger partial charge on any atom is -0.393 e. The first-order valence-corrected chi connectivity index (χ1v) is 14.7. The lowest BCUT2D eigenvalue weighted by molar-refractivity contribution is -0.214. The summed E-state index contributed by atoms with van der Waals surface area (Å²) in [5.74, 6) is 1.08. The highest BCUT2D eigenvalue weighted by Gasteiger charge is 2.68. The van der Waals surface area contributed by atoms with Crippen LogP contribution in [0.2, 0.25) is 0 Å². The topological polar surface area (TPSA) is 99.4 Å². The number of hydrogen-bond donors (Lipinski definition) is 4. The van der Waals surface area contributed by atoms with Gasteiger partial charge in [0.25, 0.3) is 0 Å². The van der Waals surface area contributed by atoms with Gasteiger partial charge < -0.3 is 29.9 Å². The van der Waals surface area contributed by atoms with E-state index >= 15 is 0 Å². The van der Waals surface area contributed by atoms with E-state index in [-0.39, 0.29) is 33.7 Å². The number of fused-ring (bicyclic) bond motifs is 5. The van der Waals surface area contributed by atoms with Crippen LogP contribution in [-0.2, 0) is 9.47 Å². The molecular weight excluding hydrogens is 468 g/mol. The molecule has 6 heteroatoms. The van der Waals surface area contributed by atoms with Crippen molar-refractivity contribution >= 4 is 0 Å². The van der Waals surface area contributed by atoms with Gasteiger partial charge in [0.05, 0.1) is 23.9 Å². The maximum absolute atomic E-state index is 11.9. The van der Waals surface area contributed by atoms with Gasteiger partial charge in [-0.25, -0.2) is 0 Å². The summed E-state index contributed by atoms with van der Waals surface area (Å²) >= 11 is 0. The van der Waals surface area contributed by atoms with Crippen LogP contribution in [0.1, 0.15) is 93.4 Å². The Kier molecular flexibility index (Phi) is 6.63. The van der Waals surface area contributed by atoms with Gasteiger partial charge in [0, 0.05) is 18.4 Å². The number of rotatable bonds is 4. The predicted octanol–water partition coefficient (Wildman–Crippen LogP) is 4.43. The van der Waals surface area contributed by atoms with E-state index in [1.54, 1.807) is 21.0 Å². The van der Waals surface area contributed by atoms with Crippen molar-refractivity contribution in [3.63, 3.8) is 0 Å². The summed E-state index contributed by atoms with van der Waals surface area (Å²) in [6.07, 6.45) is 6.10. The second-order valence-electron chi connectivity index (χ2n) is 15.2. The molecule has 0 unspecified atom stereocenters. The summed E-state index contributed by atoms with van der Waals surface area (Å²) in [5.41, 5.74) is -0.307. The van der Waals surface area contributed by atoms with Crippen LogP contribution in [0, 0.1) is 45.3 Å². The zero-order chi connectivity index (χ0) is 27.3. The van der Waals surface area contributed by atoms with Crippen LogP contribution in [0.3, 0.4) is 0 Å². The second-order valence-corrected chi connectivity index (χ2v) is 15.2. The molecule has 1 saturated heterocycles. The maximum atomic E-state index is 11.9. The fourth-order valence-electron chi connectivity index (χ4n) is 10.6. The van der Waals surface area contributed by atoms with Gasteiger partial charge in [-0.05, 0) is 92.8 Å². The zero-order valence-electron chi connectivity index (χ0n) is 24.3. The molecule has 1 aliphatic heterocycles. The highest BCUT2D eigenvalue weighted by atomic mass is 16.7. The molecule has 12 atom stereocenters. The average molecular weight is 521 g/mol. The summed E-state index contributed by atoms with van der Waals surface area (Å²) in [6, 6.07) is 0. The number of aliphatic hydroxyl groups excluding tert-OH is 3. The van der Waals surface area contributed by atoms with Crippen molar-refractivity contribution in [2.45, 2.75) is 130 Å². The molecule has 37 heavy (non-hydrogen) atoms. The summed E-state index contributed by atoms with van der Waals surface area (Å²) in [4.78, 5) is 0. The van der Waals surface area contributed by atoms with E-state index in [1.165, 1.54) is 5.57 Å². The van der Waals surface area contributed by atoms with Crippen molar-refractivity contribution < 1.29 is 29.9 Å². The summed E-state index contributed by atoms with van der Waals surface area (Å²) in [6.45, 7) is 14.8. The SMILES string of the molecule is CO[C@@H]1O[C@@H]([C@H](O)C(C)(C)O)C[C@H]1[C@@H]1CC=C2[C@]3(C)[C@H](O)C[C@@H]4C(C)(C)[C@H](O)CC[C@]4(C)[C@@H]3CC[C@]21C. The fraction of sp³-hybridized carbons (Fsp3) is 0.935. The Morgan fingerprint density at radius 2 is 1.68 bits per heavy atom. The first kappa shape index (κ1) is 28.0. The van der Waals surface area contributed by atoms with Crippen LogP contribution in [0.5, 0.6) is 0 Å². The van der Waals surface area contributed by atoms with Crippen LogP contribution in [-0.4, -0.2) is 63.8 Å².